The Morgan fingerprint density at radius 2 is 1.10 bits per heavy atom. The number of thiophene rings is 1. The fourth-order valence-corrected chi connectivity index (χ4v) is 7.60. The van der Waals surface area contributed by atoms with E-state index in [1.807, 2.05) is 11.3 Å². The van der Waals surface area contributed by atoms with E-state index < -0.39 is 0 Å². The molecule has 9 aromatic rings. The fourth-order valence-electron chi connectivity index (χ4n) is 6.37. The van der Waals surface area contributed by atoms with E-state index in [2.05, 4.69) is 132 Å². The van der Waals surface area contributed by atoms with Crippen molar-refractivity contribution in [2.24, 2.45) is 0 Å². The summed E-state index contributed by atoms with van der Waals surface area (Å²) in [4.78, 5) is 0. The number of benzene rings is 6. The second-order valence-electron chi connectivity index (χ2n) is 10.1. The van der Waals surface area contributed by atoms with Crippen molar-refractivity contribution in [1.29, 1.82) is 0 Å². The molecule has 6 aromatic carbocycles. The van der Waals surface area contributed by atoms with Crippen LogP contribution in [0.15, 0.2) is 132 Å². The highest BCUT2D eigenvalue weighted by atomic mass is 32.1. The molecule has 0 atom stereocenters. The summed E-state index contributed by atoms with van der Waals surface area (Å²) in [5.74, 6) is 0. The zero-order valence-electron chi connectivity index (χ0n) is 20.9. The third-order valence-corrected chi connectivity index (χ3v) is 9.24. The average Bonchev–Trinajstić information content (AvgIpc) is 3.67. The molecule has 0 saturated heterocycles. The van der Waals surface area contributed by atoms with Crippen LogP contribution in [0.25, 0.3) is 80.7 Å². The van der Waals surface area contributed by atoms with Crippen LogP contribution in [-0.4, -0.2) is 4.57 Å². The minimum absolute atomic E-state index is 0.903. The van der Waals surface area contributed by atoms with Crippen molar-refractivity contribution in [3.63, 3.8) is 0 Å². The summed E-state index contributed by atoms with van der Waals surface area (Å²) >= 11 is 1.86. The number of hydrogen-bond acceptors (Lipinski definition) is 2. The summed E-state index contributed by atoms with van der Waals surface area (Å²) < 4.78 is 11.7. The molecule has 3 heteroatoms. The van der Waals surface area contributed by atoms with Crippen molar-refractivity contribution in [3.05, 3.63) is 127 Å². The standard InChI is InChI=1S/C36H21NOS/c1-4-17-29-22(10-1)23-11-2-5-18-30(23)37(29)31-19-9-20-32-34(31)28-16-7-13-25(35(28)38-32)27-15-8-14-26-24-12-3-6-21-33(24)39-36(26)27/h1-21H. The number of nitrogens with zero attached hydrogens (tertiary/aromatic N) is 1. The van der Waals surface area contributed by atoms with Crippen molar-refractivity contribution in [2.45, 2.75) is 0 Å². The van der Waals surface area contributed by atoms with Crippen LogP contribution in [0.5, 0.6) is 0 Å². The normalized spacial score (nSPS) is 12.1. The van der Waals surface area contributed by atoms with Gasteiger partial charge in [0.25, 0.3) is 0 Å². The van der Waals surface area contributed by atoms with Crippen molar-refractivity contribution < 1.29 is 4.42 Å². The van der Waals surface area contributed by atoms with Crippen LogP contribution in [0.4, 0.5) is 0 Å². The van der Waals surface area contributed by atoms with E-state index in [-0.39, 0.29) is 0 Å². The Morgan fingerprint density at radius 1 is 0.487 bits per heavy atom. The number of furan rings is 1. The van der Waals surface area contributed by atoms with Gasteiger partial charge < -0.3 is 8.98 Å². The Bertz CT molecular complexity index is 2350. The Morgan fingerprint density at radius 3 is 1.90 bits per heavy atom. The van der Waals surface area contributed by atoms with Gasteiger partial charge >= 0.3 is 0 Å². The average molecular weight is 516 g/mol. The molecular weight excluding hydrogens is 494 g/mol. The van der Waals surface area contributed by atoms with E-state index in [9.17, 15) is 0 Å². The van der Waals surface area contributed by atoms with E-state index in [4.69, 9.17) is 4.42 Å². The molecule has 0 saturated carbocycles. The Labute approximate surface area is 227 Å². The Kier molecular flexibility index (Phi) is 4.24. The fraction of sp³-hybridized carbons (Fsp3) is 0. The quantitative estimate of drug-likeness (QED) is 0.224. The molecule has 0 aliphatic rings. The first-order valence-electron chi connectivity index (χ1n) is 13.2. The van der Waals surface area contributed by atoms with Crippen LogP contribution in [0.2, 0.25) is 0 Å². The van der Waals surface area contributed by atoms with Crippen LogP contribution < -0.4 is 0 Å². The molecule has 0 aliphatic carbocycles. The SMILES string of the molecule is c1cc(-n2c3ccccc3c3ccccc32)c2c(c1)oc1c(-c3cccc4c3sc3ccccc34)cccc12. The van der Waals surface area contributed by atoms with Gasteiger partial charge in [0.05, 0.1) is 22.1 Å². The van der Waals surface area contributed by atoms with Gasteiger partial charge in [0.1, 0.15) is 11.2 Å². The molecule has 0 spiro atoms. The van der Waals surface area contributed by atoms with Crippen LogP contribution >= 0.6 is 11.3 Å². The van der Waals surface area contributed by atoms with Gasteiger partial charge in [-0.2, -0.15) is 0 Å². The molecule has 182 valence electrons. The van der Waals surface area contributed by atoms with E-state index in [1.165, 1.54) is 47.5 Å². The molecule has 0 N–H and O–H groups in total. The van der Waals surface area contributed by atoms with E-state index in [1.54, 1.807) is 0 Å². The minimum atomic E-state index is 0.903. The molecule has 0 unspecified atom stereocenters. The molecule has 0 fully saturated rings. The summed E-state index contributed by atoms with van der Waals surface area (Å²) in [6, 6.07) is 45.6. The molecule has 9 rings (SSSR count). The van der Waals surface area contributed by atoms with Crippen molar-refractivity contribution in [2.75, 3.05) is 0 Å². The lowest BCUT2D eigenvalue weighted by molar-refractivity contribution is 0.670. The number of aromatic nitrogens is 1. The lowest BCUT2D eigenvalue weighted by Crippen LogP contribution is -1.94. The van der Waals surface area contributed by atoms with Gasteiger partial charge in [-0.05, 0) is 30.3 Å². The smallest absolute Gasteiger partial charge is 0.143 e. The maximum absolute atomic E-state index is 6.72. The summed E-state index contributed by atoms with van der Waals surface area (Å²) in [7, 11) is 0. The van der Waals surface area contributed by atoms with Gasteiger partial charge in [0, 0.05) is 47.5 Å². The Balaban J connectivity index is 1.38. The number of hydrogen-bond donors (Lipinski definition) is 0. The number of rotatable bonds is 2. The third-order valence-electron chi connectivity index (χ3n) is 8.02. The zero-order chi connectivity index (χ0) is 25.5. The molecule has 3 aromatic heterocycles. The number of fused-ring (bicyclic) bond motifs is 9. The van der Waals surface area contributed by atoms with Crippen LogP contribution in [0.3, 0.4) is 0 Å². The summed E-state index contributed by atoms with van der Waals surface area (Å²) in [5.41, 5.74) is 7.73. The molecular formula is C36H21NOS. The van der Waals surface area contributed by atoms with Gasteiger partial charge in [0.15, 0.2) is 0 Å². The zero-order valence-corrected chi connectivity index (χ0v) is 21.7. The molecule has 0 aliphatic heterocycles. The largest absolute Gasteiger partial charge is 0.455 e. The summed E-state index contributed by atoms with van der Waals surface area (Å²) in [6.07, 6.45) is 0. The molecule has 3 heterocycles. The maximum Gasteiger partial charge on any atom is 0.143 e. The van der Waals surface area contributed by atoms with Gasteiger partial charge in [-0.3, -0.25) is 0 Å². The van der Waals surface area contributed by atoms with Crippen LogP contribution in [0, 0.1) is 0 Å². The highest BCUT2D eigenvalue weighted by Crippen LogP contribution is 2.45. The minimum Gasteiger partial charge on any atom is -0.455 e. The monoisotopic (exact) mass is 515 g/mol. The first kappa shape index (κ1) is 21.1. The predicted molar refractivity (Wildman–Crippen MR) is 166 cm³/mol. The van der Waals surface area contributed by atoms with Crippen LogP contribution in [0.1, 0.15) is 0 Å². The highest BCUT2D eigenvalue weighted by Gasteiger charge is 2.20. The third kappa shape index (κ3) is 2.85. The lowest BCUT2D eigenvalue weighted by atomic mass is 10.00. The topological polar surface area (TPSA) is 18.1 Å². The lowest BCUT2D eigenvalue weighted by Gasteiger charge is -2.09. The molecule has 0 amide bonds. The molecule has 39 heavy (non-hydrogen) atoms. The molecule has 0 radical (unpaired) electrons. The second kappa shape index (κ2) is 7.83. The van der Waals surface area contributed by atoms with Gasteiger partial charge in [-0.15, -0.1) is 11.3 Å². The summed E-state index contributed by atoms with van der Waals surface area (Å²) in [6.45, 7) is 0. The van der Waals surface area contributed by atoms with E-state index in [0.29, 0.717) is 0 Å². The molecule has 2 nitrogen and oxygen atoms in total. The van der Waals surface area contributed by atoms with Crippen molar-refractivity contribution in [3.8, 4) is 16.8 Å². The first-order valence-corrected chi connectivity index (χ1v) is 14.0. The highest BCUT2D eigenvalue weighted by molar-refractivity contribution is 7.26. The molecule has 0 bridgehead atoms. The maximum atomic E-state index is 6.72. The summed E-state index contributed by atoms with van der Waals surface area (Å²) in [5, 5.41) is 7.41. The van der Waals surface area contributed by atoms with Crippen LogP contribution in [-0.2, 0) is 0 Å². The van der Waals surface area contributed by atoms with Gasteiger partial charge in [0.2, 0.25) is 0 Å². The number of para-hydroxylation sites is 3. The predicted octanol–water partition coefficient (Wildman–Crippen LogP) is 10.7. The first-order chi connectivity index (χ1) is 19.4. The van der Waals surface area contributed by atoms with Crippen molar-refractivity contribution >= 4 is 75.3 Å². The second-order valence-corrected chi connectivity index (χ2v) is 11.1. The Hall–Kier alpha value is -4.86. The van der Waals surface area contributed by atoms with E-state index in [0.717, 1.165) is 33.2 Å². The van der Waals surface area contributed by atoms with E-state index >= 15 is 0 Å². The van der Waals surface area contributed by atoms with Gasteiger partial charge in [-0.1, -0.05) is 97.1 Å². The van der Waals surface area contributed by atoms with Crippen molar-refractivity contribution in [1.82, 2.24) is 4.57 Å². The van der Waals surface area contributed by atoms with Gasteiger partial charge in [-0.25, -0.2) is 0 Å².